The van der Waals surface area contributed by atoms with Crippen molar-refractivity contribution in [2.75, 3.05) is 45.2 Å². The molecule has 0 unspecified atom stereocenters. The van der Waals surface area contributed by atoms with Crippen LogP contribution < -0.4 is 15.4 Å². The van der Waals surface area contributed by atoms with Crippen LogP contribution in [0.25, 0.3) is 0 Å². The smallest absolute Gasteiger partial charge is 0.416 e. The lowest BCUT2D eigenvalue weighted by Crippen LogP contribution is -2.50. The topological polar surface area (TPSA) is 126 Å². The lowest BCUT2D eigenvalue weighted by molar-refractivity contribution is -0.137. The van der Waals surface area contributed by atoms with Gasteiger partial charge in [-0.25, -0.2) is 12.7 Å². The van der Waals surface area contributed by atoms with Crippen molar-refractivity contribution in [2.24, 2.45) is 4.99 Å². The number of amides is 2. The van der Waals surface area contributed by atoms with Crippen molar-refractivity contribution >= 4 is 27.7 Å². The standard InChI is InChI=1S/C31H35F3N4O6S/c1-21-17-23-6-5-22(21)7-16-45(41,42)38-11-8-30(9-12-38)29(40)36-27(37-30)24-18-25(31(32,33)34)20-26(19-24)44-14-4-2-3-13-43-15-10-35-28(23)39/h2-3,5-6,17-20H,4,7-16H2,1H3,(H,35,39)(H,36,37,40). The molecule has 0 aromatic heterocycles. The third-order valence-electron chi connectivity index (χ3n) is 8.13. The van der Waals surface area contributed by atoms with Gasteiger partial charge in [0.25, 0.3) is 11.8 Å². The summed E-state index contributed by atoms with van der Waals surface area (Å²) in [5.41, 5.74) is -0.126. The van der Waals surface area contributed by atoms with Crippen molar-refractivity contribution < 1.29 is 40.7 Å². The summed E-state index contributed by atoms with van der Waals surface area (Å²) in [6.45, 7) is 2.83. The maximum atomic E-state index is 13.8. The van der Waals surface area contributed by atoms with Crippen molar-refractivity contribution in [1.29, 1.82) is 0 Å². The Hall–Kier alpha value is -3.75. The molecule has 7 bridgehead atoms. The summed E-state index contributed by atoms with van der Waals surface area (Å²) < 4.78 is 80.2. The zero-order chi connectivity index (χ0) is 32.2. The fraction of sp³-hybridized carbons (Fsp3) is 0.452. The number of benzene rings is 2. The fourth-order valence-corrected chi connectivity index (χ4v) is 6.99. The van der Waals surface area contributed by atoms with Crippen LogP contribution in [0.15, 0.2) is 53.5 Å². The summed E-state index contributed by atoms with van der Waals surface area (Å²) in [5.74, 6) is -0.942. The van der Waals surface area contributed by atoms with E-state index in [4.69, 9.17) is 9.47 Å². The van der Waals surface area contributed by atoms with Gasteiger partial charge in [0.2, 0.25) is 10.0 Å². The Bertz CT molecular complexity index is 1620. The lowest BCUT2D eigenvalue weighted by Gasteiger charge is -2.34. The second-order valence-corrected chi connectivity index (χ2v) is 13.3. The van der Waals surface area contributed by atoms with E-state index >= 15 is 0 Å². The predicted molar refractivity (Wildman–Crippen MR) is 161 cm³/mol. The van der Waals surface area contributed by atoms with E-state index in [0.717, 1.165) is 23.3 Å². The van der Waals surface area contributed by atoms with Gasteiger partial charge in [-0.2, -0.15) is 13.2 Å². The number of carbonyl (C=O) groups is 2. The number of nitrogens with one attached hydrogen (secondary N) is 2. The van der Waals surface area contributed by atoms with E-state index in [-0.39, 0.29) is 87.5 Å². The van der Waals surface area contributed by atoms with Gasteiger partial charge in [0.1, 0.15) is 17.1 Å². The van der Waals surface area contributed by atoms with Crippen molar-refractivity contribution in [1.82, 2.24) is 14.9 Å². The minimum atomic E-state index is -4.66. The van der Waals surface area contributed by atoms with Gasteiger partial charge in [-0.05, 0) is 74.1 Å². The molecule has 2 aromatic carbocycles. The molecule has 242 valence electrons. The Kier molecular flexibility index (Phi) is 9.65. The van der Waals surface area contributed by atoms with Gasteiger partial charge in [-0.1, -0.05) is 18.2 Å². The molecular weight excluding hydrogens is 613 g/mol. The number of hydrogen-bond acceptors (Lipinski definition) is 7. The van der Waals surface area contributed by atoms with E-state index in [9.17, 15) is 31.2 Å². The average Bonchev–Trinajstić information content (AvgIpc) is 3.31. The Morgan fingerprint density at radius 1 is 1.00 bits per heavy atom. The molecule has 2 amide bonds. The van der Waals surface area contributed by atoms with Gasteiger partial charge in [-0.3, -0.25) is 14.6 Å². The van der Waals surface area contributed by atoms with E-state index in [1.165, 1.54) is 10.4 Å². The van der Waals surface area contributed by atoms with Gasteiger partial charge < -0.3 is 20.1 Å². The highest BCUT2D eigenvalue weighted by Gasteiger charge is 2.47. The van der Waals surface area contributed by atoms with Crippen LogP contribution >= 0.6 is 0 Å². The molecule has 1 saturated heterocycles. The number of ether oxygens (including phenoxy) is 2. The SMILES string of the molecule is Cc1cc2ccc1CCS(=O)(=O)N1CCC3(CC1)N=C(NC3=O)c1cc(cc(C(F)(F)F)c1)OCCC=CCOCCNC2=O. The van der Waals surface area contributed by atoms with E-state index in [2.05, 4.69) is 15.6 Å². The number of aryl methyl sites for hydroxylation is 2. The minimum Gasteiger partial charge on any atom is -0.493 e. The largest absolute Gasteiger partial charge is 0.493 e. The van der Waals surface area contributed by atoms with E-state index in [0.29, 0.717) is 12.0 Å². The number of piperidine rings is 1. The van der Waals surface area contributed by atoms with Crippen LogP contribution in [0.1, 0.15) is 51.9 Å². The van der Waals surface area contributed by atoms with Crippen LogP contribution in [0, 0.1) is 6.92 Å². The zero-order valence-electron chi connectivity index (χ0n) is 24.8. The van der Waals surface area contributed by atoms with E-state index in [1.807, 2.05) is 6.92 Å². The monoisotopic (exact) mass is 648 g/mol. The summed E-state index contributed by atoms with van der Waals surface area (Å²) >= 11 is 0. The average molecular weight is 649 g/mol. The number of rotatable bonds is 0. The lowest BCUT2D eigenvalue weighted by atomic mass is 9.89. The van der Waals surface area contributed by atoms with Crippen LogP contribution in [0.3, 0.4) is 0 Å². The highest BCUT2D eigenvalue weighted by atomic mass is 32.2. The molecule has 1 fully saturated rings. The van der Waals surface area contributed by atoms with Crippen molar-refractivity contribution in [2.45, 2.75) is 44.3 Å². The number of aliphatic imine (C=N–C) groups is 1. The van der Waals surface area contributed by atoms with Gasteiger partial charge >= 0.3 is 6.18 Å². The van der Waals surface area contributed by atoms with Crippen molar-refractivity contribution in [3.8, 4) is 5.75 Å². The van der Waals surface area contributed by atoms with Crippen LogP contribution in [0.4, 0.5) is 13.2 Å². The highest BCUT2D eigenvalue weighted by Crippen LogP contribution is 2.36. The van der Waals surface area contributed by atoms with E-state index in [1.54, 1.807) is 30.4 Å². The molecule has 14 heteroatoms. The van der Waals surface area contributed by atoms with Crippen LogP contribution in [-0.2, 0) is 32.2 Å². The summed E-state index contributed by atoms with van der Waals surface area (Å²) in [6, 6.07) is 8.34. The molecule has 1 spiro atoms. The molecule has 0 radical (unpaired) electrons. The number of amidine groups is 1. The molecule has 5 aliphatic heterocycles. The quantitative estimate of drug-likeness (QED) is 0.422. The third kappa shape index (κ3) is 7.74. The Morgan fingerprint density at radius 3 is 2.51 bits per heavy atom. The maximum Gasteiger partial charge on any atom is 0.416 e. The van der Waals surface area contributed by atoms with E-state index < -0.39 is 33.2 Å². The van der Waals surface area contributed by atoms with Gasteiger partial charge in [0.15, 0.2) is 0 Å². The number of hydrogen-bond donors (Lipinski definition) is 2. The number of halogens is 3. The summed E-state index contributed by atoms with van der Waals surface area (Å²) in [5, 5.41) is 5.41. The zero-order valence-corrected chi connectivity index (χ0v) is 25.6. The van der Waals surface area contributed by atoms with Crippen LogP contribution in [0.2, 0.25) is 0 Å². The minimum absolute atomic E-state index is 0.00597. The first-order valence-corrected chi connectivity index (χ1v) is 16.3. The summed E-state index contributed by atoms with van der Waals surface area (Å²) in [6.07, 6.45) is -0.313. The molecule has 0 aliphatic carbocycles. The molecule has 5 aliphatic rings. The number of nitrogens with zero attached hydrogens (tertiary/aromatic N) is 2. The number of fused-ring (bicyclic) bond motifs is 2. The molecule has 2 aromatic rings. The highest BCUT2D eigenvalue weighted by molar-refractivity contribution is 7.89. The fourth-order valence-electron chi connectivity index (χ4n) is 5.52. The molecular formula is C31H35F3N4O6S. The van der Waals surface area contributed by atoms with Crippen molar-refractivity contribution in [3.05, 3.63) is 76.4 Å². The summed E-state index contributed by atoms with van der Waals surface area (Å²) in [7, 11) is -3.69. The Labute approximate surface area is 259 Å². The number of alkyl halides is 3. The molecule has 45 heavy (non-hydrogen) atoms. The maximum absolute atomic E-state index is 13.8. The number of sulfonamides is 1. The third-order valence-corrected chi connectivity index (χ3v) is 10.0. The second kappa shape index (κ2) is 13.3. The number of carbonyl (C=O) groups excluding carboxylic acids is 2. The first-order chi connectivity index (χ1) is 21.4. The van der Waals surface area contributed by atoms with Crippen LogP contribution in [-0.4, -0.2) is 81.1 Å². The second-order valence-electron chi connectivity index (χ2n) is 11.2. The first kappa shape index (κ1) is 32.6. The van der Waals surface area contributed by atoms with Gasteiger partial charge in [0.05, 0.1) is 31.1 Å². The molecule has 0 saturated carbocycles. The van der Waals surface area contributed by atoms with Crippen molar-refractivity contribution in [3.63, 3.8) is 0 Å². The molecule has 2 N–H and O–H groups in total. The molecule has 0 atom stereocenters. The Morgan fingerprint density at radius 2 is 1.78 bits per heavy atom. The summed E-state index contributed by atoms with van der Waals surface area (Å²) in [4.78, 5) is 30.2. The van der Waals surface area contributed by atoms with Gasteiger partial charge in [0, 0.05) is 30.8 Å². The Balaban J connectivity index is 1.39. The molecule has 10 nitrogen and oxygen atoms in total. The molecule has 7 rings (SSSR count). The molecule has 5 heterocycles. The first-order valence-electron chi connectivity index (χ1n) is 14.7. The predicted octanol–water partition coefficient (Wildman–Crippen LogP) is 3.38. The van der Waals surface area contributed by atoms with Crippen LogP contribution in [0.5, 0.6) is 5.75 Å². The van der Waals surface area contributed by atoms with Gasteiger partial charge in [-0.15, -0.1) is 0 Å². The normalized spacial score (nSPS) is 24.7.